The second-order valence-corrected chi connectivity index (χ2v) is 3.65. The van der Waals surface area contributed by atoms with Crippen LogP contribution in [0, 0.1) is 6.92 Å². The Labute approximate surface area is 98.4 Å². The van der Waals surface area contributed by atoms with Crippen molar-refractivity contribution < 1.29 is 4.79 Å². The quantitative estimate of drug-likeness (QED) is 0.788. The molecule has 6 heteroatoms. The zero-order valence-electron chi connectivity index (χ0n) is 9.64. The molecule has 1 amide bonds. The van der Waals surface area contributed by atoms with Crippen LogP contribution < -0.4 is 11.1 Å². The van der Waals surface area contributed by atoms with Crippen LogP contribution in [0.25, 0.3) is 5.69 Å². The third-order valence-electron chi connectivity index (χ3n) is 2.43. The summed E-state index contributed by atoms with van der Waals surface area (Å²) in [6.07, 6.45) is 0. The molecular weight excluding hydrogens is 218 g/mol. The van der Waals surface area contributed by atoms with Gasteiger partial charge < -0.3 is 11.1 Å². The summed E-state index contributed by atoms with van der Waals surface area (Å²) in [7, 11) is 1.52. The molecule has 0 aliphatic heterocycles. The number of nitrogen functional groups attached to an aromatic ring is 1. The van der Waals surface area contributed by atoms with Gasteiger partial charge in [0.05, 0.1) is 5.69 Å². The Morgan fingerprint density at radius 3 is 2.59 bits per heavy atom. The molecule has 0 saturated heterocycles. The van der Waals surface area contributed by atoms with Crippen LogP contribution in [-0.4, -0.2) is 27.9 Å². The third kappa shape index (κ3) is 1.96. The monoisotopic (exact) mass is 231 g/mol. The number of benzene rings is 1. The number of anilines is 1. The molecule has 0 bridgehead atoms. The molecule has 1 aromatic heterocycles. The molecule has 0 spiro atoms. The van der Waals surface area contributed by atoms with Crippen molar-refractivity contribution in [3.05, 3.63) is 35.5 Å². The van der Waals surface area contributed by atoms with Crippen molar-refractivity contribution in [2.75, 3.05) is 12.8 Å². The average Bonchev–Trinajstić information content (AvgIpc) is 2.71. The fourth-order valence-corrected chi connectivity index (χ4v) is 1.45. The zero-order chi connectivity index (χ0) is 12.4. The summed E-state index contributed by atoms with van der Waals surface area (Å²) >= 11 is 0. The molecule has 0 aliphatic carbocycles. The molecule has 0 saturated carbocycles. The largest absolute Gasteiger partial charge is 0.382 e. The number of amides is 1. The van der Waals surface area contributed by atoms with Crippen LogP contribution in [-0.2, 0) is 0 Å². The summed E-state index contributed by atoms with van der Waals surface area (Å²) in [5.41, 5.74) is 7.87. The minimum absolute atomic E-state index is 0.132. The number of nitrogens with zero attached hydrogens (tertiary/aromatic N) is 3. The van der Waals surface area contributed by atoms with Crippen molar-refractivity contribution in [1.82, 2.24) is 20.3 Å². The van der Waals surface area contributed by atoms with Crippen LogP contribution in [0.4, 0.5) is 5.82 Å². The number of carbonyl (C=O) groups excluding carboxylic acids is 1. The summed E-state index contributed by atoms with van der Waals surface area (Å²) in [6, 6.07) is 7.62. The second kappa shape index (κ2) is 4.25. The molecule has 0 atom stereocenters. The van der Waals surface area contributed by atoms with Crippen molar-refractivity contribution in [2.45, 2.75) is 6.92 Å². The molecule has 2 aromatic rings. The molecule has 0 unspecified atom stereocenters. The zero-order valence-corrected chi connectivity index (χ0v) is 9.64. The van der Waals surface area contributed by atoms with E-state index >= 15 is 0 Å². The Kier molecular flexibility index (Phi) is 2.78. The Morgan fingerprint density at radius 1 is 1.35 bits per heavy atom. The second-order valence-electron chi connectivity index (χ2n) is 3.65. The summed E-state index contributed by atoms with van der Waals surface area (Å²) < 4.78 is 1.43. The SMILES string of the molecule is CNC(=O)c1nnn(-c2ccc(C)cc2)c1N. The first-order chi connectivity index (χ1) is 8.13. The highest BCUT2D eigenvalue weighted by Gasteiger charge is 2.16. The Balaban J connectivity index is 2.44. The summed E-state index contributed by atoms with van der Waals surface area (Å²) in [4.78, 5) is 11.4. The molecule has 3 N–H and O–H groups in total. The highest BCUT2D eigenvalue weighted by Crippen LogP contribution is 2.15. The summed E-state index contributed by atoms with van der Waals surface area (Å²) in [5.74, 6) is -0.117. The lowest BCUT2D eigenvalue weighted by molar-refractivity contribution is 0.0959. The number of carbonyl (C=O) groups is 1. The van der Waals surface area contributed by atoms with E-state index in [1.165, 1.54) is 11.7 Å². The molecular formula is C11H13N5O. The van der Waals surface area contributed by atoms with Crippen LogP contribution in [0.3, 0.4) is 0 Å². The van der Waals surface area contributed by atoms with Crippen molar-refractivity contribution in [3.8, 4) is 5.69 Å². The minimum atomic E-state index is -0.346. The third-order valence-corrected chi connectivity index (χ3v) is 2.43. The lowest BCUT2D eigenvalue weighted by atomic mass is 10.2. The summed E-state index contributed by atoms with van der Waals surface area (Å²) in [5, 5.41) is 10.1. The fraction of sp³-hybridized carbons (Fsp3) is 0.182. The number of rotatable bonds is 2. The van der Waals surface area contributed by atoms with Crippen LogP contribution in [0.15, 0.2) is 24.3 Å². The van der Waals surface area contributed by atoms with Gasteiger partial charge in [-0.15, -0.1) is 5.10 Å². The first-order valence-electron chi connectivity index (χ1n) is 5.13. The van der Waals surface area contributed by atoms with Gasteiger partial charge in [-0.05, 0) is 19.1 Å². The van der Waals surface area contributed by atoms with Crippen LogP contribution in [0.5, 0.6) is 0 Å². The topological polar surface area (TPSA) is 85.8 Å². The van der Waals surface area contributed by atoms with Gasteiger partial charge in [0, 0.05) is 7.05 Å². The van der Waals surface area contributed by atoms with E-state index in [1.807, 2.05) is 31.2 Å². The van der Waals surface area contributed by atoms with Gasteiger partial charge in [-0.25, -0.2) is 0 Å². The normalized spacial score (nSPS) is 10.2. The molecule has 0 radical (unpaired) electrons. The number of hydrogen-bond acceptors (Lipinski definition) is 4. The van der Waals surface area contributed by atoms with Gasteiger partial charge >= 0.3 is 0 Å². The van der Waals surface area contributed by atoms with Crippen molar-refractivity contribution in [1.29, 1.82) is 0 Å². The number of hydrogen-bond donors (Lipinski definition) is 2. The van der Waals surface area contributed by atoms with Crippen molar-refractivity contribution in [3.63, 3.8) is 0 Å². The number of nitrogens with one attached hydrogen (secondary N) is 1. The Morgan fingerprint density at radius 2 is 2.00 bits per heavy atom. The standard InChI is InChI=1S/C11H13N5O/c1-7-3-5-8(6-4-7)16-10(12)9(14-15-16)11(17)13-2/h3-6H,12H2,1-2H3,(H,13,17). The molecule has 1 aromatic carbocycles. The maximum Gasteiger partial charge on any atom is 0.275 e. The minimum Gasteiger partial charge on any atom is -0.382 e. The average molecular weight is 231 g/mol. The molecule has 17 heavy (non-hydrogen) atoms. The van der Waals surface area contributed by atoms with Crippen LogP contribution >= 0.6 is 0 Å². The van der Waals surface area contributed by atoms with Crippen molar-refractivity contribution >= 4 is 11.7 Å². The van der Waals surface area contributed by atoms with Crippen molar-refractivity contribution in [2.24, 2.45) is 0 Å². The lowest BCUT2D eigenvalue weighted by Gasteiger charge is -2.03. The predicted molar refractivity (Wildman–Crippen MR) is 63.9 cm³/mol. The predicted octanol–water partition coefficient (Wildman–Crippen LogP) is 0.518. The molecule has 88 valence electrons. The first kappa shape index (κ1) is 11.1. The van der Waals surface area contributed by atoms with E-state index < -0.39 is 0 Å². The van der Waals surface area contributed by atoms with Crippen LogP contribution in [0.1, 0.15) is 16.1 Å². The van der Waals surface area contributed by atoms with Gasteiger partial charge in [0.1, 0.15) is 0 Å². The van der Waals surface area contributed by atoms with Gasteiger partial charge in [-0.3, -0.25) is 4.79 Å². The van der Waals surface area contributed by atoms with E-state index in [1.54, 1.807) is 0 Å². The highest BCUT2D eigenvalue weighted by molar-refractivity contribution is 5.96. The molecule has 0 aliphatic rings. The van der Waals surface area contributed by atoms with Gasteiger partial charge in [0.15, 0.2) is 11.5 Å². The smallest absolute Gasteiger partial charge is 0.275 e. The first-order valence-corrected chi connectivity index (χ1v) is 5.13. The van der Waals surface area contributed by atoms with E-state index in [2.05, 4.69) is 15.6 Å². The van der Waals surface area contributed by atoms with E-state index in [4.69, 9.17) is 5.73 Å². The van der Waals surface area contributed by atoms with Gasteiger partial charge in [0.2, 0.25) is 0 Å². The van der Waals surface area contributed by atoms with E-state index in [9.17, 15) is 4.79 Å². The maximum absolute atomic E-state index is 11.4. The molecule has 1 heterocycles. The fourth-order valence-electron chi connectivity index (χ4n) is 1.45. The van der Waals surface area contributed by atoms with Gasteiger partial charge in [0.25, 0.3) is 5.91 Å². The number of aryl methyl sites for hydroxylation is 1. The number of aromatic nitrogens is 3. The van der Waals surface area contributed by atoms with E-state index in [0.717, 1.165) is 11.3 Å². The lowest BCUT2D eigenvalue weighted by Crippen LogP contribution is -2.19. The molecule has 6 nitrogen and oxygen atoms in total. The number of nitrogens with two attached hydrogens (primary N) is 1. The molecule has 2 rings (SSSR count). The molecule has 0 fully saturated rings. The Hall–Kier alpha value is -2.37. The van der Waals surface area contributed by atoms with Crippen LogP contribution in [0.2, 0.25) is 0 Å². The summed E-state index contributed by atoms with van der Waals surface area (Å²) in [6.45, 7) is 1.99. The van der Waals surface area contributed by atoms with Gasteiger partial charge in [-0.1, -0.05) is 22.9 Å². The maximum atomic E-state index is 11.4. The van der Waals surface area contributed by atoms with E-state index in [0.29, 0.717) is 0 Å². The highest BCUT2D eigenvalue weighted by atomic mass is 16.1. The Bertz CT molecular complexity index is 543. The van der Waals surface area contributed by atoms with Gasteiger partial charge in [-0.2, -0.15) is 4.68 Å². The van der Waals surface area contributed by atoms with E-state index in [-0.39, 0.29) is 17.4 Å².